The summed E-state index contributed by atoms with van der Waals surface area (Å²) in [5, 5.41) is 2.80. The fourth-order valence-corrected chi connectivity index (χ4v) is 3.46. The third-order valence-corrected chi connectivity index (χ3v) is 4.77. The zero-order valence-corrected chi connectivity index (χ0v) is 15.1. The quantitative estimate of drug-likeness (QED) is 0.819. The first-order chi connectivity index (χ1) is 13.4. The average Bonchev–Trinajstić information content (AvgIpc) is 3.20. The van der Waals surface area contributed by atoms with Gasteiger partial charge in [0.05, 0.1) is 6.26 Å². The SMILES string of the molecule is O=C(NC1CCCCC1)[C@H](c1ccco1)N(C(=O)C(F)(F)F)c1ccccc1. The Labute approximate surface area is 160 Å². The first kappa shape index (κ1) is 20.0. The molecule has 1 aliphatic rings. The molecule has 0 aliphatic heterocycles. The lowest BCUT2D eigenvalue weighted by atomic mass is 9.95. The second-order valence-corrected chi connectivity index (χ2v) is 6.77. The van der Waals surface area contributed by atoms with Crippen LogP contribution in [-0.4, -0.2) is 24.0 Å². The van der Waals surface area contributed by atoms with E-state index >= 15 is 0 Å². The van der Waals surface area contributed by atoms with Crippen LogP contribution in [0.15, 0.2) is 53.1 Å². The molecule has 1 heterocycles. The van der Waals surface area contributed by atoms with Gasteiger partial charge in [-0.1, -0.05) is 37.5 Å². The third kappa shape index (κ3) is 4.55. The predicted molar refractivity (Wildman–Crippen MR) is 96.4 cm³/mol. The molecule has 1 N–H and O–H groups in total. The number of hydrogen-bond donors (Lipinski definition) is 1. The summed E-state index contributed by atoms with van der Waals surface area (Å²) in [6, 6.07) is 8.51. The Morgan fingerprint density at radius 2 is 1.71 bits per heavy atom. The van der Waals surface area contributed by atoms with E-state index < -0.39 is 24.0 Å². The van der Waals surface area contributed by atoms with Crippen LogP contribution in [0.1, 0.15) is 43.9 Å². The molecule has 1 fully saturated rings. The molecule has 1 atom stereocenters. The molecule has 0 spiro atoms. The van der Waals surface area contributed by atoms with E-state index in [4.69, 9.17) is 4.42 Å². The largest absolute Gasteiger partial charge is 0.471 e. The van der Waals surface area contributed by atoms with Gasteiger partial charge in [0.1, 0.15) is 5.76 Å². The summed E-state index contributed by atoms with van der Waals surface area (Å²) >= 11 is 0. The number of carbonyl (C=O) groups excluding carboxylic acids is 2. The van der Waals surface area contributed by atoms with Gasteiger partial charge in [0, 0.05) is 11.7 Å². The highest BCUT2D eigenvalue weighted by Gasteiger charge is 2.48. The Hall–Kier alpha value is -2.77. The highest BCUT2D eigenvalue weighted by molar-refractivity contribution is 6.03. The molecule has 2 amide bonds. The van der Waals surface area contributed by atoms with Crippen molar-refractivity contribution in [3.63, 3.8) is 0 Å². The number of alkyl halides is 3. The van der Waals surface area contributed by atoms with Crippen LogP contribution in [0.3, 0.4) is 0 Å². The van der Waals surface area contributed by atoms with Crippen molar-refractivity contribution in [3.8, 4) is 0 Å². The number of para-hydroxylation sites is 1. The van der Waals surface area contributed by atoms with Crippen LogP contribution in [-0.2, 0) is 9.59 Å². The summed E-state index contributed by atoms with van der Waals surface area (Å²) in [5.41, 5.74) is -0.0370. The van der Waals surface area contributed by atoms with Crippen LogP contribution < -0.4 is 10.2 Å². The maximum atomic E-state index is 13.4. The minimum Gasteiger partial charge on any atom is -0.467 e. The van der Waals surface area contributed by atoms with Gasteiger partial charge in [-0.15, -0.1) is 0 Å². The van der Waals surface area contributed by atoms with Crippen LogP contribution in [0.5, 0.6) is 0 Å². The molecular formula is C20H21F3N2O3. The molecular weight excluding hydrogens is 373 g/mol. The molecule has 2 aromatic rings. The van der Waals surface area contributed by atoms with Crippen LogP contribution in [0.4, 0.5) is 18.9 Å². The molecule has 0 bridgehead atoms. The second-order valence-electron chi connectivity index (χ2n) is 6.77. The minimum absolute atomic E-state index is 0.0326. The number of anilines is 1. The zero-order chi connectivity index (χ0) is 20.1. The smallest absolute Gasteiger partial charge is 0.467 e. The molecule has 0 unspecified atom stereocenters. The Morgan fingerprint density at radius 1 is 1.04 bits per heavy atom. The molecule has 0 radical (unpaired) electrons. The van der Waals surface area contributed by atoms with Crippen LogP contribution in [0, 0.1) is 0 Å². The number of nitrogens with one attached hydrogen (secondary N) is 1. The van der Waals surface area contributed by atoms with E-state index in [0.29, 0.717) is 4.90 Å². The number of hydrogen-bond acceptors (Lipinski definition) is 3. The Balaban J connectivity index is 1.99. The lowest BCUT2D eigenvalue weighted by Crippen LogP contribution is -2.50. The van der Waals surface area contributed by atoms with E-state index in [2.05, 4.69) is 5.32 Å². The molecule has 1 aromatic carbocycles. The fourth-order valence-electron chi connectivity index (χ4n) is 3.46. The Kier molecular flexibility index (Phi) is 6.06. The van der Waals surface area contributed by atoms with Gasteiger partial charge in [0.15, 0.2) is 6.04 Å². The summed E-state index contributed by atoms with van der Waals surface area (Å²) in [6.07, 6.45) is 0.588. The average molecular weight is 394 g/mol. The van der Waals surface area contributed by atoms with Gasteiger partial charge in [-0.25, -0.2) is 0 Å². The molecule has 5 nitrogen and oxygen atoms in total. The molecule has 3 rings (SSSR count). The van der Waals surface area contributed by atoms with Crippen molar-refractivity contribution >= 4 is 17.5 Å². The van der Waals surface area contributed by atoms with Crippen molar-refractivity contribution in [1.29, 1.82) is 0 Å². The van der Waals surface area contributed by atoms with E-state index in [9.17, 15) is 22.8 Å². The van der Waals surface area contributed by atoms with Crippen molar-refractivity contribution in [2.45, 2.75) is 50.4 Å². The highest BCUT2D eigenvalue weighted by atomic mass is 19.4. The normalized spacial score (nSPS) is 16.4. The summed E-state index contributed by atoms with van der Waals surface area (Å²) in [4.78, 5) is 25.8. The number of amides is 2. The summed E-state index contributed by atoms with van der Waals surface area (Å²) < 4.78 is 45.3. The lowest BCUT2D eigenvalue weighted by Gasteiger charge is -2.32. The standard InChI is InChI=1S/C20H21F3N2O3/c21-20(22,23)19(27)25(15-10-5-2-6-11-15)17(16-12-7-13-28-16)18(26)24-14-8-3-1-4-9-14/h2,5-7,10-14,17H,1,3-4,8-9H2,(H,24,26)/t17-/m0/s1. The molecule has 1 aliphatic carbocycles. The highest BCUT2D eigenvalue weighted by Crippen LogP contribution is 2.33. The van der Waals surface area contributed by atoms with E-state index in [0.717, 1.165) is 32.1 Å². The van der Waals surface area contributed by atoms with E-state index in [1.165, 1.54) is 42.7 Å². The topological polar surface area (TPSA) is 62.6 Å². The lowest BCUT2D eigenvalue weighted by molar-refractivity contribution is -0.171. The summed E-state index contributed by atoms with van der Waals surface area (Å²) in [7, 11) is 0. The molecule has 0 saturated heterocycles. The second kappa shape index (κ2) is 8.50. The van der Waals surface area contributed by atoms with Gasteiger partial charge in [-0.05, 0) is 37.1 Å². The van der Waals surface area contributed by atoms with Crippen LogP contribution >= 0.6 is 0 Å². The summed E-state index contributed by atoms with van der Waals surface area (Å²) in [5.74, 6) is -2.85. The van der Waals surface area contributed by atoms with Crippen molar-refractivity contribution < 1.29 is 27.2 Å². The maximum Gasteiger partial charge on any atom is 0.471 e. The van der Waals surface area contributed by atoms with Gasteiger partial charge < -0.3 is 9.73 Å². The molecule has 1 saturated carbocycles. The number of furan rings is 1. The third-order valence-electron chi connectivity index (χ3n) is 4.77. The molecule has 8 heteroatoms. The van der Waals surface area contributed by atoms with Crippen molar-refractivity contribution in [1.82, 2.24) is 5.32 Å². The van der Waals surface area contributed by atoms with Gasteiger partial charge >= 0.3 is 12.1 Å². The predicted octanol–water partition coefficient (Wildman–Crippen LogP) is 4.37. The van der Waals surface area contributed by atoms with Gasteiger partial charge in [0.25, 0.3) is 5.91 Å². The monoisotopic (exact) mass is 394 g/mol. The molecule has 28 heavy (non-hydrogen) atoms. The molecule has 1 aromatic heterocycles. The van der Waals surface area contributed by atoms with E-state index in [1.807, 2.05) is 0 Å². The molecule has 150 valence electrons. The van der Waals surface area contributed by atoms with Gasteiger partial charge in [-0.2, -0.15) is 13.2 Å². The fraction of sp³-hybridized carbons (Fsp3) is 0.400. The maximum absolute atomic E-state index is 13.4. The van der Waals surface area contributed by atoms with Crippen LogP contribution in [0.25, 0.3) is 0 Å². The number of benzene rings is 1. The number of carbonyl (C=O) groups is 2. The first-order valence-corrected chi connectivity index (χ1v) is 9.17. The van der Waals surface area contributed by atoms with Crippen LogP contribution in [0.2, 0.25) is 0 Å². The van der Waals surface area contributed by atoms with Crippen molar-refractivity contribution in [2.75, 3.05) is 4.90 Å². The summed E-state index contributed by atoms with van der Waals surface area (Å²) in [6.45, 7) is 0. The van der Waals surface area contributed by atoms with Crippen molar-refractivity contribution in [2.24, 2.45) is 0 Å². The Morgan fingerprint density at radius 3 is 2.29 bits per heavy atom. The number of halogens is 3. The first-order valence-electron chi connectivity index (χ1n) is 9.17. The van der Waals surface area contributed by atoms with E-state index in [1.54, 1.807) is 6.07 Å². The number of rotatable bonds is 5. The van der Waals surface area contributed by atoms with Gasteiger partial charge in [-0.3, -0.25) is 14.5 Å². The van der Waals surface area contributed by atoms with Crippen molar-refractivity contribution in [3.05, 3.63) is 54.5 Å². The number of nitrogens with zero attached hydrogens (tertiary/aromatic N) is 1. The zero-order valence-electron chi connectivity index (χ0n) is 15.1. The minimum atomic E-state index is -5.15. The van der Waals surface area contributed by atoms with E-state index in [-0.39, 0.29) is 17.5 Å². The van der Waals surface area contributed by atoms with Gasteiger partial charge in [0.2, 0.25) is 0 Å². The Bertz CT molecular complexity index is 785.